The molecule has 1 aliphatic heterocycles. The number of benzene rings is 1. The predicted octanol–water partition coefficient (Wildman–Crippen LogP) is 3.07. The molecule has 1 amide bonds. The molecule has 1 fully saturated rings. The highest BCUT2D eigenvalue weighted by Crippen LogP contribution is 2.18. The summed E-state index contributed by atoms with van der Waals surface area (Å²) in [5.74, 6) is 2.19. The van der Waals surface area contributed by atoms with Crippen molar-refractivity contribution < 1.29 is 4.79 Å². The summed E-state index contributed by atoms with van der Waals surface area (Å²) >= 11 is 0. The van der Waals surface area contributed by atoms with Gasteiger partial charge in [-0.3, -0.25) is 4.79 Å². The van der Waals surface area contributed by atoms with Gasteiger partial charge in [0.1, 0.15) is 5.82 Å². The Hall–Kier alpha value is -4.27. The van der Waals surface area contributed by atoms with Crippen molar-refractivity contribution in [3.63, 3.8) is 0 Å². The van der Waals surface area contributed by atoms with E-state index in [9.17, 15) is 4.79 Å². The monoisotopic (exact) mass is 440 g/mol. The quantitative estimate of drug-likeness (QED) is 0.510. The molecule has 0 spiro atoms. The summed E-state index contributed by atoms with van der Waals surface area (Å²) in [5, 5.41) is 16.0. The fourth-order valence-electron chi connectivity index (χ4n) is 3.76. The lowest BCUT2D eigenvalue weighted by atomic mass is 10.1. The van der Waals surface area contributed by atoms with Crippen molar-refractivity contribution in [2.45, 2.75) is 6.92 Å². The van der Waals surface area contributed by atoms with Crippen molar-refractivity contribution >= 4 is 23.4 Å². The highest BCUT2D eigenvalue weighted by Gasteiger charge is 2.23. The largest absolute Gasteiger partial charge is 0.352 e. The number of rotatable bonds is 5. The van der Waals surface area contributed by atoms with E-state index in [1.807, 2.05) is 72.6 Å². The lowest BCUT2D eigenvalue weighted by Crippen LogP contribution is -2.49. The number of nitrogens with one attached hydrogen (secondary N) is 1. The van der Waals surface area contributed by atoms with Crippen LogP contribution in [-0.2, 0) is 0 Å². The van der Waals surface area contributed by atoms with Gasteiger partial charge in [0.15, 0.2) is 11.6 Å². The average Bonchev–Trinajstić information content (AvgIpc) is 3.41. The van der Waals surface area contributed by atoms with Crippen LogP contribution in [-0.4, -0.2) is 61.9 Å². The lowest BCUT2D eigenvalue weighted by molar-refractivity contribution is 0.0746. The molecule has 0 radical (unpaired) electrons. The van der Waals surface area contributed by atoms with Crippen molar-refractivity contribution in [1.82, 2.24) is 29.9 Å². The predicted molar refractivity (Wildman–Crippen MR) is 126 cm³/mol. The molecule has 0 aliphatic carbocycles. The number of anilines is 3. The molecule has 0 saturated carbocycles. The first kappa shape index (κ1) is 20.6. The number of hydrogen-bond donors (Lipinski definition) is 1. The number of amides is 1. The molecule has 5 rings (SSSR count). The average molecular weight is 441 g/mol. The normalized spacial score (nSPS) is 13.7. The first-order valence-electron chi connectivity index (χ1n) is 10.8. The molecular weight excluding hydrogens is 416 g/mol. The van der Waals surface area contributed by atoms with Gasteiger partial charge in [-0.1, -0.05) is 12.1 Å². The molecule has 0 unspecified atom stereocenters. The van der Waals surface area contributed by atoms with Crippen molar-refractivity contribution in [2.24, 2.45) is 0 Å². The molecule has 166 valence electrons. The number of hydrogen-bond acceptors (Lipinski definition) is 7. The summed E-state index contributed by atoms with van der Waals surface area (Å²) in [5.41, 5.74) is 2.64. The van der Waals surface area contributed by atoms with Crippen molar-refractivity contribution in [3.05, 3.63) is 84.3 Å². The van der Waals surface area contributed by atoms with Crippen molar-refractivity contribution in [1.29, 1.82) is 0 Å². The highest BCUT2D eigenvalue weighted by molar-refractivity contribution is 5.95. The van der Waals surface area contributed by atoms with Crippen LogP contribution in [0.3, 0.4) is 0 Å². The number of piperazine rings is 1. The summed E-state index contributed by atoms with van der Waals surface area (Å²) in [4.78, 5) is 21.4. The third-order valence-corrected chi connectivity index (χ3v) is 5.57. The highest BCUT2D eigenvalue weighted by atomic mass is 16.2. The minimum atomic E-state index is 0.0277. The molecule has 4 heterocycles. The second kappa shape index (κ2) is 9.07. The van der Waals surface area contributed by atoms with E-state index >= 15 is 0 Å². The number of aromatic nitrogens is 5. The van der Waals surface area contributed by atoms with Gasteiger partial charge in [-0.15, -0.1) is 10.2 Å². The molecule has 0 bridgehead atoms. The third-order valence-electron chi connectivity index (χ3n) is 5.57. The van der Waals surface area contributed by atoms with Crippen LogP contribution < -0.4 is 10.2 Å². The van der Waals surface area contributed by atoms with Gasteiger partial charge in [-0.2, -0.15) is 5.10 Å². The number of nitrogens with zero attached hydrogens (tertiary/aromatic N) is 7. The molecule has 9 nitrogen and oxygen atoms in total. The lowest BCUT2D eigenvalue weighted by Gasteiger charge is -2.35. The van der Waals surface area contributed by atoms with Crippen LogP contribution >= 0.6 is 0 Å². The fourth-order valence-corrected chi connectivity index (χ4v) is 3.76. The molecular formula is C24H24N8O. The van der Waals surface area contributed by atoms with Gasteiger partial charge in [0.05, 0.1) is 5.69 Å². The van der Waals surface area contributed by atoms with E-state index in [1.165, 1.54) is 0 Å². The molecule has 9 heteroatoms. The first-order chi connectivity index (χ1) is 16.2. The summed E-state index contributed by atoms with van der Waals surface area (Å²) in [6, 6.07) is 17.1. The van der Waals surface area contributed by atoms with Crippen LogP contribution in [0.2, 0.25) is 0 Å². The number of carbonyl (C=O) groups is 1. The Morgan fingerprint density at radius 1 is 0.939 bits per heavy atom. The molecule has 4 aromatic rings. The van der Waals surface area contributed by atoms with E-state index in [4.69, 9.17) is 0 Å². The second-order valence-corrected chi connectivity index (χ2v) is 7.90. The zero-order valence-electron chi connectivity index (χ0n) is 18.3. The molecule has 1 aliphatic rings. The van der Waals surface area contributed by atoms with E-state index in [1.54, 1.807) is 17.1 Å². The van der Waals surface area contributed by atoms with Gasteiger partial charge in [-0.05, 0) is 55.0 Å². The maximum absolute atomic E-state index is 13.0. The van der Waals surface area contributed by atoms with Crippen LogP contribution in [0.5, 0.6) is 0 Å². The Labute approximate surface area is 191 Å². The number of aryl methyl sites for hydroxylation is 1. The Bertz CT molecular complexity index is 1210. The Kier molecular flexibility index (Phi) is 5.67. The first-order valence-corrected chi connectivity index (χ1v) is 10.8. The SMILES string of the molecule is Cc1ccc(Nc2ccc(N3CCN(C(=O)c4cccc(-n5cccn5)c4)CC3)nn2)nc1. The van der Waals surface area contributed by atoms with Gasteiger partial charge in [0, 0.05) is 50.3 Å². The van der Waals surface area contributed by atoms with Gasteiger partial charge < -0.3 is 15.1 Å². The van der Waals surface area contributed by atoms with E-state index in [0.29, 0.717) is 37.6 Å². The summed E-state index contributed by atoms with van der Waals surface area (Å²) < 4.78 is 1.75. The molecule has 1 saturated heterocycles. The van der Waals surface area contributed by atoms with E-state index in [0.717, 1.165) is 22.9 Å². The molecule has 0 atom stereocenters. The summed E-state index contributed by atoms with van der Waals surface area (Å²) in [6.45, 7) is 4.65. The number of carbonyl (C=O) groups excluding carboxylic acids is 1. The molecule has 33 heavy (non-hydrogen) atoms. The minimum Gasteiger partial charge on any atom is -0.352 e. The second-order valence-electron chi connectivity index (χ2n) is 7.90. The maximum atomic E-state index is 13.0. The Balaban J connectivity index is 1.19. The van der Waals surface area contributed by atoms with Gasteiger partial charge in [0.25, 0.3) is 5.91 Å². The number of pyridine rings is 1. The topological polar surface area (TPSA) is 92.1 Å². The maximum Gasteiger partial charge on any atom is 0.254 e. The third kappa shape index (κ3) is 4.67. The van der Waals surface area contributed by atoms with Gasteiger partial charge >= 0.3 is 0 Å². The van der Waals surface area contributed by atoms with E-state index < -0.39 is 0 Å². The molecule has 1 N–H and O–H groups in total. The minimum absolute atomic E-state index is 0.0277. The van der Waals surface area contributed by atoms with Gasteiger partial charge in [-0.25, -0.2) is 9.67 Å². The van der Waals surface area contributed by atoms with Gasteiger partial charge in [0.2, 0.25) is 0 Å². The van der Waals surface area contributed by atoms with Crippen molar-refractivity contribution in [2.75, 3.05) is 36.4 Å². The Morgan fingerprint density at radius 2 is 1.79 bits per heavy atom. The summed E-state index contributed by atoms with van der Waals surface area (Å²) in [6.07, 6.45) is 5.39. The van der Waals surface area contributed by atoms with Crippen molar-refractivity contribution in [3.8, 4) is 5.69 Å². The van der Waals surface area contributed by atoms with Crippen LogP contribution in [0.1, 0.15) is 15.9 Å². The zero-order valence-corrected chi connectivity index (χ0v) is 18.3. The van der Waals surface area contributed by atoms with E-state index in [-0.39, 0.29) is 5.91 Å². The van der Waals surface area contributed by atoms with Crippen LogP contribution in [0.15, 0.2) is 73.2 Å². The Morgan fingerprint density at radius 3 is 2.48 bits per heavy atom. The zero-order chi connectivity index (χ0) is 22.6. The van der Waals surface area contributed by atoms with E-state index in [2.05, 4.69) is 30.5 Å². The van der Waals surface area contributed by atoms with Crippen LogP contribution in [0, 0.1) is 6.92 Å². The molecule has 3 aromatic heterocycles. The smallest absolute Gasteiger partial charge is 0.254 e. The fraction of sp³-hybridized carbons (Fsp3) is 0.208. The molecule has 1 aromatic carbocycles. The van der Waals surface area contributed by atoms with Crippen LogP contribution in [0.25, 0.3) is 5.69 Å². The summed E-state index contributed by atoms with van der Waals surface area (Å²) in [7, 11) is 0. The van der Waals surface area contributed by atoms with Crippen LogP contribution in [0.4, 0.5) is 17.5 Å². The standard InChI is InChI=1S/C24H24N8O/c1-18-6-7-21(25-17-18)27-22-8-9-23(29-28-22)30-12-14-31(15-13-30)24(33)19-4-2-5-20(16-19)32-11-3-10-26-32/h2-11,16-17H,12-15H2,1H3,(H,25,27,28).